The van der Waals surface area contributed by atoms with Crippen LogP contribution in [0.2, 0.25) is 0 Å². The van der Waals surface area contributed by atoms with Gasteiger partial charge in [0.2, 0.25) is 0 Å². The lowest BCUT2D eigenvalue weighted by Crippen LogP contribution is -2.31. The van der Waals surface area contributed by atoms with Crippen LogP contribution in [0.3, 0.4) is 0 Å². The molecule has 0 spiro atoms. The number of methoxy groups -OCH3 is 1. The number of benzene rings is 2. The Morgan fingerprint density at radius 1 is 1.07 bits per heavy atom. The molecule has 3 aromatic rings. The number of carbonyl (C=O) groups excluding carboxylic acids is 1. The Hall–Kier alpha value is -3.28. The van der Waals surface area contributed by atoms with Crippen LogP contribution in [0.5, 0.6) is 11.5 Å². The van der Waals surface area contributed by atoms with Crippen molar-refractivity contribution >= 4 is 16.8 Å². The molecule has 3 rings (SSSR count). The summed E-state index contributed by atoms with van der Waals surface area (Å²) in [6, 6.07) is 14.8. The van der Waals surface area contributed by atoms with Gasteiger partial charge in [0.05, 0.1) is 7.11 Å². The summed E-state index contributed by atoms with van der Waals surface area (Å²) in [5.74, 6) is 1.15. The summed E-state index contributed by atoms with van der Waals surface area (Å²) in [6.45, 7) is 2.28. The van der Waals surface area contributed by atoms with Crippen LogP contribution in [0.25, 0.3) is 10.9 Å². The van der Waals surface area contributed by atoms with E-state index < -0.39 is 0 Å². The molecule has 0 saturated carbocycles. The van der Waals surface area contributed by atoms with Crippen LogP contribution in [0.1, 0.15) is 11.1 Å². The van der Waals surface area contributed by atoms with Crippen LogP contribution < -0.4 is 20.3 Å². The molecule has 0 aliphatic carbocycles. The first kappa shape index (κ1) is 18.5. The van der Waals surface area contributed by atoms with Crippen molar-refractivity contribution in [2.24, 2.45) is 0 Å². The van der Waals surface area contributed by atoms with Crippen LogP contribution >= 0.6 is 0 Å². The molecule has 2 aromatic carbocycles. The first-order valence-corrected chi connectivity index (χ1v) is 8.71. The lowest BCUT2D eigenvalue weighted by molar-refractivity contribution is -0.123. The topological polar surface area (TPSA) is 80.4 Å². The molecular formula is C21H22N2O4. The van der Waals surface area contributed by atoms with Crippen molar-refractivity contribution < 1.29 is 14.3 Å². The van der Waals surface area contributed by atoms with Gasteiger partial charge in [-0.3, -0.25) is 9.59 Å². The second-order valence-corrected chi connectivity index (χ2v) is 6.28. The predicted molar refractivity (Wildman–Crippen MR) is 105 cm³/mol. The number of nitrogens with one attached hydrogen (secondary N) is 2. The van der Waals surface area contributed by atoms with Crippen LogP contribution in [-0.4, -0.2) is 31.2 Å². The summed E-state index contributed by atoms with van der Waals surface area (Å²) in [4.78, 5) is 26.9. The highest BCUT2D eigenvalue weighted by molar-refractivity contribution is 5.80. The highest BCUT2D eigenvalue weighted by Gasteiger charge is 2.06. The van der Waals surface area contributed by atoms with E-state index >= 15 is 0 Å². The number of carbonyl (C=O) groups is 1. The Morgan fingerprint density at radius 3 is 2.56 bits per heavy atom. The van der Waals surface area contributed by atoms with Gasteiger partial charge in [-0.1, -0.05) is 17.7 Å². The van der Waals surface area contributed by atoms with Crippen molar-refractivity contribution in [3.63, 3.8) is 0 Å². The summed E-state index contributed by atoms with van der Waals surface area (Å²) in [6.07, 6.45) is 0.429. The monoisotopic (exact) mass is 366 g/mol. The number of aromatic amines is 1. The van der Waals surface area contributed by atoms with Gasteiger partial charge in [-0.25, -0.2) is 0 Å². The Morgan fingerprint density at radius 2 is 1.81 bits per heavy atom. The van der Waals surface area contributed by atoms with Crippen molar-refractivity contribution in [2.45, 2.75) is 13.3 Å². The summed E-state index contributed by atoms with van der Waals surface area (Å²) in [5, 5.41) is 3.66. The van der Waals surface area contributed by atoms with E-state index in [9.17, 15) is 9.59 Å². The summed E-state index contributed by atoms with van der Waals surface area (Å²) in [7, 11) is 1.60. The number of hydrogen-bond donors (Lipinski definition) is 2. The van der Waals surface area contributed by atoms with E-state index in [1.807, 2.05) is 49.4 Å². The summed E-state index contributed by atoms with van der Waals surface area (Å²) >= 11 is 0. The first-order chi connectivity index (χ1) is 13.0. The normalized spacial score (nSPS) is 10.6. The lowest BCUT2D eigenvalue weighted by Gasteiger charge is -2.08. The number of pyridine rings is 1. The van der Waals surface area contributed by atoms with E-state index in [1.54, 1.807) is 13.2 Å². The fraction of sp³-hybridized carbons (Fsp3) is 0.238. The smallest absolute Gasteiger partial charge is 0.257 e. The quantitative estimate of drug-likeness (QED) is 0.673. The molecule has 0 radical (unpaired) electrons. The molecule has 0 aliphatic heterocycles. The van der Waals surface area contributed by atoms with Gasteiger partial charge in [-0.2, -0.15) is 0 Å². The second-order valence-electron chi connectivity index (χ2n) is 6.28. The van der Waals surface area contributed by atoms with Gasteiger partial charge in [0.1, 0.15) is 11.5 Å². The minimum atomic E-state index is -0.227. The number of fused-ring (bicyclic) bond motifs is 1. The number of H-pyrrole nitrogens is 1. The van der Waals surface area contributed by atoms with Gasteiger partial charge >= 0.3 is 0 Å². The highest BCUT2D eigenvalue weighted by atomic mass is 16.5. The average Bonchev–Trinajstić information content (AvgIpc) is 2.67. The molecule has 2 N–H and O–H groups in total. The average molecular weight is 366 g/mol. The maximum absolute atomic E-state index is 12.2. The van der Waals surface area contributed by atoms with Gasteiger partial charge < -0.3 is 19.8 Å². The molecule has 1 heterocycles. The lowest BCUT2D eigenvalue weighted by atomic mass is 10.1. The van der Waals surface area contributed by atoms with E-state index in [-0.39, 0.29) is 18.1 Å². The molecule has 0 saturated heterocycles. The maximum atomic E-state index is 12.2. The largest absolute Gasteiger partial charge is 0.497 e. The van der Waals surface area contributed by atoms with Gasteiger partial charge in [0.25, 0.3) is 11.5 Å². The number of hydrogen-bond acceptors (Lipinski definition) is 4. The van der Waals surface area contributed by atoms with E-state index in [2.05, 4.69) is 10.3 Å². The molecule has 0 fully saturated rings. The molecule has 1 amide bonds. The molecule has 1 aromatic heterocycles. The molecule has 0 atom stereocenters. The number of amides is 1. The van der Waals surface area contributed by atoms with E-state index in [0.717, 1.165) is 22.2 Å². The Balaban J connectivity index is 1.54. The van der Waals surface area contributed by atoms with E-state index in [4.69, 9.17) is 9.47 Å². The standard InChI is InChI=1S/C21H22N2O4/c1-14-3-5-17(6-4-14)27-13-20(24)22-10-9-15-11-16-12-18(26-2)7-8-19(16)23-21(15)25/h3-8,11-12H,9-10,13H2,1-2H3,(H,22,24)(H,23,25). The molecular weight excluding hydrogens is 344 g/mol. The van der Waals surface area contributed by atoms with Gasteiger partial charge in [-0.15, -0.1) is 0 Å². The predicted octanol–water partition coefficient (Wildman–Crippen LogP) is 2.58. The molecule has 6 heteroatoms. The molecule has 27 heavy (non-hydrogen) atoms. The van der Waals surface area contributed by atoms with E-state index in [0.29, 0.717) is 24.3 Å². The van der Waals surface area contributed by atoms with Gasteiger partial charge in [0, 0.05) is 23.0 Å². The minimum absolute atomic E-state index is 0.0612. The zero-order chi connectivity index (χ0) is 19.2. The van der Waals surface area contributed by atoms with Crippen molar-refractivity contribution in [1.29, 1.82) is 0 Å². The summed E-state index contributed by atoms with van der Waals surface area (Å²) in [5.41, 5.74) is 2.33. The third-order valence-electron chi connectivity index (χ3n) is 4.24. The zero-order valence-corrected chi connectivity index (χ0v) is 15.4. The highest BCUT2D eigenvalue weighted by Crippen LogP contribution is 2.18. The number of rotatable bonds is 7. The summed E-state index contributed by atoms with van der Waals surface area (Å²) < 4.78 is 10.7. The fourth-order valence-corrected chi connectivity index (χ4v) is 2.71. The molecule has 0 bridgehead atoms. The molecule has 0 unspecified atom stereocenters. The number of ether oxygens (including phenoxy) is 2. The van der Waals surface area contributed by atoms with Crippen molar-refractivity contribution in [1.82, 2.24) is 10.3 Å². The third kappa shape index (κ3) is 4.88. The van der Waals surface area contributed by atoms with Crippen LogP contribution in [0.15, 0.2) is 53.3 Å². The Bertz CT molecular complexity index is 993. The Labute approximate surface area is 157 Å². The van der Waals surface area contributed by atoms with Crippen molar-refractivity contribution in [3.8, 4) is 11.5 Å². The SMILES string of the molecule is COc1ccc2[nH]c(=O)c(CCNC(=O)COc3ccc(C)cc3)cc2c1. The zero-order valence-electron chi connectivity index (χ0n) is 15.4. The maximum Gasteiger partial charge on any atom is 0.257 e. The van der Waals surface area contributed by atoms with Crippen LogP contribution in [0.4, 0.5) is 0 Å². The van der Waals surface area contributed by atoms with Gasteiger partial charge in [-0.05, 0) is 49.7 Å². The minimum Gasteiger partial charge on any atom is -0.497 e. The van der Waals surface area contributed by atoms with Crippen LogP contribution in [-0.2, 0) is 11.2 Å². The molecule has 0 aliphatic rings. The molecule has 140 valence electrons. The van der Waals surface area contributed by atoms with E-state index in [1.165, 1.54) is 0 Å². The Kier molecular flexibility index (Phi) is 5.76. The number of aryl methyl sites for hydroxylation is 1. The first-order valence-electron chi connectivity index (χ1n) is 8.71. The molecule has 6 nitrogen and oxygen atoms in total. The second kappa shape index (κ2) is 8.40. The van der Waals surface area contributed by atoms with Crippen molar-refractivity contribution in [3.05, 3.63) is 70.0 Å². The third-order valence-corrected chi connectivity index (χ3v) is 4.24. The number of aromatic nitrogens is 1. The van der Waals surface area contributed by atoms with Crippen LogP contribution in [0, 0.1) is 6.92 Å². The fourth-order valence-electron chi connectivity index (χ4n) is 2.71. The van der Waals surface area contributed by atoms with Crippen molar-refractivity contribution in [2.75, 3.05) is 20.3 Å². The van der Waals surface area contributed by atoms with Gasteiger partial charge in [0.15, 0.2) is 6.61 Å².